The van der Waals surface area contributed by atoms with Crippen LogP contribution in [-0.2, 0) is 4.79 Å². The summed E-state index contributed by atoms with van der Waals surface area (Å²) < 4.78 is 0.850. The van der Waals surface area contributed by atoms with E-state index >= 15 is 0 Å². The fraction of sp³-hybridized carbons (Fsp3) is 0.267. The van der Waals surface area contributed by atoms with E-state index in [4.69, 9.17) is 0 Å². The zero-order valence-corrected chi connectivity index (χ0v) is 13.9. The van der Waals surface area contributed by atoms with Crippen LogP contribution >= 0.6 is 27.3 Å². The first-order chi connectivity index (χ1) is 10.5. The molecule has 0 saturated heterocycles. The fourth-order valence-corrected chi connectivity index (χ4v) is 3.31. The zero-order chi connectivity index (χ0) is 15.7. The van der Waals surface area contributed by atoms with Gasteiger partial charge in [-0.05, 0) is 30.5 Å². The molecule has 2 aromatic rings. The Balaban J connectivity index is 1.76. The number of hydrogen-bond acceptors (Lipinski definition) is 4. The number of hydrogen-bond donors (Lipinski definition) is 2. The first kappa shape index (κ1) is 15.2. The smallest absolute Gasteiger partial charge is 0.330 e. The Morgan fingerprint density at radius 2 is 2.00 bits per heavy atom. The van der Waals surface area contributed by atoms with Gasteiger partial charge in [0.2, 0.25) is 0 Å². The number of thiazole rings is 1. The molecule has 0 aliphatic heterocycles. The highest BCUT2D eigenvalue weighted by Gasteiger charge is 2.28. The lowest BCUT2D eigenvalue weighted by molar-refractivity contribution is -0.139. The van der Waals surface area contributed by atoms with Crippen molar-refractivity contribution in [1.29, 1.82) is 0 Å². The van der Waals surface area contributed by atoms with Crippen LogP contribution in [0.1, 0.15) is 45.0 Å². The van der Waals surface area contributed by atoms with E-state index in [2.05, 4.69) is 26.2 Å². The third-order valence-electron chi connectivity index (χ3n) is 3.40. The molecular weight excluding hydrogens is 368 g/mol. The minimum atomic E-state index is -1.09. The average Bonchev–Trinajstić information content (AvgIpc) is 3.22. The number of carbonyl (C=O) groups excluding carboxylic acids is 1. The molecule has 22 heavy (non-hydrogen) atoms. The Morgan fingerprint density at radius 1 is 1.32 bits per heavy atom. The van der Waals surface area contributed by atoms with Crippen LogP contribution in [-0.4, -0.2) is 22.0 Å². The van der Waals surface area contributed by atoms with E-state index in [9.17, 15) is 14.7 Å². The van der Waals surface area contributed by atoms with Crippen LogP contribution in [0.15, 0.2) is 34.9 Å². The number of nitrogens with one attached hydrogen (secondary N) is 1. The van der Waals surface area contributed by atoms with Gasteiger partial charge in [-0.15, -0.1) is 11.3 Å². The molecule has 1 fully saturated rings. The van der Waals surface area contributed by atoms with Gasteiger partial charge in [0.1, 0.15) is 4.88 Å². The Labute approximate surface area is 139 Å². The highest BCUT2D eigenvalue weighted by Crippen LogP contribution is 2.41. The minimum Gasteiger partial charge on any atom is -0.479 e. The van der Waals surface area contributed by atoms with Gasteiger partial charge in [-0.3, -0.25) is 4.79 Å². The number of aromatic nitrogens is 1. The summed E-state index contributed by atoms with van der Waals surface area (Å²) in [5, 5.41) is 12.9. The van der Waals surface area contributed by atoms with Crippen molar-refractivity contribution in [2.75, 3.05) is 0 Å². The maximum absolute atomic E-state index is 12.2. The molecule has 0 bridgehead atoms. The Bertz CT molecular complexity index is 710. The number of nitrogens with zero attached hydrogens (tertiary/aromatic N) is 1. The first-order valence-corrected chi connectivity index (χ1v) is 8.40. The Hall–Kier alpha value is -1.73. The summed E-state index contributed by atoms with van der Waals surface area (Å²) in [4.78, 5) is 28.4. The van der Waals surface area contributed by atoms with E-state index in [0.29, 0.717) is 16.4 Å². The third-order valence-corrected chi connectivity index (χ3v) is 5.09. The van der Waals surface area contributed by atoms with Crippen molar-refractivity contribution in [1.82, 2.24) is 10.3 Å². The molecular formula is C15H13BrN2O3S. The van der Waals surface area contributed by atoms with E-state index in [-0.39, 0.29) is 0 Å². The van der Waals surface area contributed by atoms with Crippen LogP contribution in [0.4, 0.5) is 0 Å². The summed E-state index contributed by atoms with van der Waals surface area (Å²) in [6, 6.07) is 5.76. The van der Waals surface area contributed by atoms with Crippen LogP contribution in [0, 0.1) is 0 Å². The molecule has 1 aliphatic rings. The van der Waals surface area contributed by atoms with Gasteiger partial charge >= 0.3 is 5.97 Å². The largest absolute Gasteiger partial charge is 0.479 e. The minimum absolute atomic E-state index is 0.403. The third kappa shape index (κ3) is 3.36. The molecule has 1 atom stereocenters. The Kier molecular flexibility index (Phi) is 4.26. The molecule has 7 heteroatoms. The summed E-state index contributed by atoms with van der Waals surface area (Å²) in [5.74, 6) is -1.02. The van der Waals surface area contributed by atoms with E-state index in [1.807, 2.05) is 0 Å². The molecule has 1 saturated carbocycles. The normalized spacial score (nSPS) is 15.3. The second kappa shape index (κ2) is 6.18. The van der Waals surface area contributed by atoms with Gasteiger partial charge in [0, 0.05) is 10.4 Å². The number of benzene rings is 1. The molecule has 1 aromatic heterocycles. The summed E-state index contributed by atoms with van der Waals surface area (Å²) in [5.41, 5.74) is 0.524. The predicted molar refractivity (Wildman–Crippen MR) is 86.1 cm³/mol. The monoisotopic (exact) mass is 380 g/mol. The molecule has 2 N–H and O–H groups in total. The number of rotatable bonds is 5. The van der Waals surface area contributed by atoms with E-state index in [1.165, 1.54) is 17.5 Å². The molecule has 5 nitrogen and oxygen atoms in total. The van der Waals surface area contributed by atoms with Gasteiger partial charge in [-0.2, -0.15) is 0 Å². The van der Waals surface area contributed by atoms with E-state index in [1.54, 1.807) is 24.3 Å². The summed E-state index contributed by atoms with van der Waals surface area (Å²) in [6.07, 6.45) is 3.75. The van der Waals surface area contributed by atoms with Gasteiger partial charge in [-0.25, -0.2) is 9.78 Å². The highest BCUT2D eigenvalue weighted by atomic mass is 79.9. The van der Waals surface area contributed by atoms with Gasteiger partial charge in [0.25, 0.3) is 5.91 Å². The molecule has 1 amide bonds. The van der Waals surface area contributed by atoms with Crippen molar-refractivity contribution in [3.63, 3.8) is 0 Å². The first-order valence-electron chi connectivity index (χ1n) is 6.79. The van der Waals surface area contributed by atoms with Crippen molar-refractivity contribution in [3.05, 3.63) is 50.4 Å². The standard InChI is InChI=1S/C15H13BrN2O3S/c16-10-5-3-8(4-6-10)12(15(20)21)18-13(19)11-7-17-14(22-11)9-1-2-9/h3-7,9,12H,1-2H2,(H,18,19)(H,20,21). The van der Waals surface area contributed by atoms with Gasteiger partial charge < -0.3 is 10.4 Å². The van der Waals surface area contributed by atoms with Crippen LogP contribution in [0.3, 0.4) is 0 Å². The summed E-state index contributed by atoms with van der Waals surface area (Å²) in [6.45, 7) is 0. The Morgan fingerprint density at radius 3 is 2.59 bits per heavy atom. The lowest BCUT2D eigenvalue weighted by Crippen LogP contribution is -2.33. The van der Waals surface area contributed by atoms with Crippen molar-refractivity contribution in [3.8, 4) is 0 Å². The van der Waals surface area contributed by atoms with Crippen LogP contribution < -0.4 is 5.32 Å². The molecule has 0 spiro atoms. The molecule has 1 unspecified atom stereocenters. The number of carboxylic acid groups (broad SMARTS) is 1. The van der Waals surface area contributed by atoms with Gasteiger partial charge in [0.15, 0.2) is 6.04 Å². The highest BCUT2D eigenvalue weighted by molar-refractivity contribution is 9.10. The second-order valence-electron chi connectivity index (χ2n) is 5.13. The van der Waals surface area contributed by atoms with Crippen molar-refractivity contribution in [2.45, 2.75) is 24.8 Å². The lowest BCUT2D eigenvalue weighted by atomic mass is 10.1. The van der Waals surface area contributed by atoms with Crippen LogP contribution in [0.25, 0.3) is 0 Å². The number of amides is 1. The number of carbonyl (C=O) groups is 2. The average molecular weight is 381 g/mol. The van der Waals surface area contributed by atoms with Crippen LogP contribution in [0.5, 0.6) is 0 Å². The number of carboxylic acids is 1. The van der Waals surface area contributed by atoms with Gasteiger partial charge in [0.05, 0.1) is 11.2 Å². The number of aliphatic carboxylic acids is 1. The molecule has 0 radical (unpaired) electrons. The van der Waals surface area contributed by atoms with E-state index in [0.717, 1.165) is 22.3 Å². The van der Waals surface area contributed by atoms with Gasteiger partial charge in [-0.1, -0.05) is 28.1 Å². The van der Waals surface area contributed by atoms with Crippen molar-refractivity contribution in [2.24, 2.45) is 0 Å². The predicted octanol–water partition coefficient (Wildman–Crippen LogP) is 3.34. The summed E-state index contributed by atoms with van der Waals surface area (Å²) in [7, 11) is 0. The van der Waals surface area contributed by atoms with E-state index < -0.39 is 17.9 Å². The fourth-order valence-electron chi connectivity index (χ4n) is 2.06. The molecule has 1 aliphatic carbocycles. The zero-order valence-electron chi connectivity index (χ0n) is 11.5. The van der Waals surface area contributed by atoms with Crippen LogP contribution in [0.2, 0.25) is 0 Å². The molecule has 1 aromatic carbocycles. The molecule has 3 rings (SSSR count). The number of halogens is 1. The maximum atomic E-state index is 12.2. The summed E-state index contributed by atoms with van der Waals surface area (Å²) >= 11 is 4.64. The van der Waals surface area contributed by atoms with Crippen molar-refractivity contribution >= 4 is 39.1 Å². The topological polar surface area (TPSA) is 79.3 Å². The molecule has 1 heterocycles. The quantitative estimate of drug-likeness (QED) is 0.833. The van der Waals surface area contributed by atoms with Crippen molar-refractivity contribution < 1.29 is 14.7 Å². The second-order valence-corrected chi connectivity index (χ2v) is 7.11. The maximum Gasteiger partial charge on any atom is 0.330 e. The lowest BCUT2D eigenvalue weighted by Gasteiger charge is -2.14. The SMILES string of the molecule is O=C(NC(C(=O)O)c1ccc(Br)cc1)c1cnc(C2CC2)s1. The molecule has 114 valence electrons.